The molecule has 0 aliphatic carbocycles. The molecule has 1 N–H and O–H groups in total. The first-order valence-corrected chi connectivity index (χ1v) is 6.13. The van der Waals surface area contributed by atoms with Crippen molar-refractivity contribution in [1.82, 2.24) is 14.9 Å². The van der Waals surface area contributed by atoms with E-state index in [1.54, 1.807) is 6.33 Å². The Morgan fingerprint density at radius 1 is 1.76 bits per heavy atom. The van der Waals surface area contributed by atoms with E-state index in [9.17, 15) is 4.79 Å². The molecule has 0 radical (unpaired) electrons. The number of aromatic nitrogens is 2. The van der Waals surface area contributed by atoms with Gasteiger partial charge in [-0.3, -0.25) is 0 Å². The second-order valence-corrected chi connectivity index (χ2v) is 4.34. The van der Waals surface area contributed by atoms with Gasteiger partial charge >= 0.3 is 5.97 Å². The fourth-order valence-electron chi connectivity index (χ4n) is 2.24. The van der Waals surface area contributed by atoms with E-state index in [-0.39, 0.29) is 12.0 Å². The van der Waals surface area contributed by atoms with Crippen LogP contribution in [0.5, 0.6) is 0 Å². The predicted molar refractivity (Wildman–Crippen MR) is 63.8 cm³/mol. The summed E-state index contributed by atoms with van der Waals surface area (Å²) in [6.45, 7) is 6.08. The number of esters is 1. The zero-order valence-corrected chi connectivity index (χ0v) is 10.3. The van der Waals surface area contributed by atoms with Gasteiger partial charge < -0.3 is 14.6 Å². The summed E-state index contributed by atoms with van der Waals surface area (Å²) in [5.74, 6) is 0.257. The first-order valence-electron chi connectivity index (χ1n) is 6.13. The molecule has 1 aliphatic heterocycles. The molecular formula is C12H19N3O2. The number of nitrogens with one attached hydrogen (secondary N) is 1. The second-order valence-electron chi connectivity index (χ2n) is 4.34. The highest BCUT2D eigenvalue weighted by Crippen LogP contribution is 2.24. The van der Waals surface area contributed by atoms with E-state index in [4.69, 9.17) is 4.74 Å². The van der Waals surface area contributed by atoms with Crippen LogP contribution in [0.4, 0.5) is 0 Å². The van der Waals surface area contributed by atoms with Crippen LogP contribution in [0.15, 0.2) is 12.5 Å². The van der Waals surface area contributed by atoms with Crippen LogP contribution in [0.1, 0.15) is 37.9 Å². The summed E-state index contributed by atoms with van der Waals surface area (Å²) in [6, 6.07) is -0.298. The van der Waals surface area contributed by atoms with Gasteiger partial charge in [0.05, 0.1) is 12.9 Å². The predicted octanol–water partition coefficient (Wildman–Crippen LogP) is 1.08. The molecule has 2 heterocycles. The number of nitrogens with zero attached hydrogens (tertiary/aromatic N) is 2. The lowest BCUT2D eigenvalue weighted by atomic mass is 10.1. The number of carbonyl (C=O) groups excluding carboxylic acids is 1. The summed E-state index contributed by atoms with van der Waals surface area (Å²) in [5, 5.41) is 3.32. The average Bonchev–Trinajstić information content (AvgIpc) is 2.98. The minimum absolute atomic E-state index is 0.197. The maximum atomic E-state index is 11.7. The maximum Gasteiger partial charge on any atom is 0.328 e. The largest absolute Gasteiger partial charge is 0.464 e. The number of carbonyl (C=O) groups is 1. The van der Waals surface area contributed by atoms with Crippen molar-refractivity contribution in [1.29, 1.82) is 0 Å². The minimum Gasteiger partial charge on any atom is -0.464 e. The SMILES string of the molecule is CCOC(=O)C(C)n1cncc1C1CCNC1. The van der Waals surface area contributed by atoms with Crippen LogP contribution in [-0.2, 0) is 9.53 Å². The van der Waals surface area contributed by atoms with Crippen LogP contribution in [0, 0.1) is 0 Å². The fraction of sp³-hybridized carbons (Fsp3) is 0.667. The normalized spacial score (nSPS) is 21.4. The number of imidazole rings is 1. The Hall–Kier alpha value is -1.36. The van der Waals surface area contributed by atoms with Crippen LogP contribution >= 0.6 is 0 Å². The first kappa shape index (κ1) is 12.1. The van der Waals surface area contributed by atoms with Gasteiger partial charge in [0.1, 0.15) is 6.04 Å². The molecule has 1 aromatic heterocycles. The molecule has 0 spiro atoms. The molecule has 0 bridgehead atoms. The Labute approximate surface area is 101 Å². The van der Waals surface area contributed by atoms with Crippen molar-refractivity contribution in [3.05, 3.63) is 18.2 Å². The van der Waals surface area contributed by atoms with Crippen molar-refractivity contribution >= 4 is 5.97 Å². The monoisotopic (exact) mass is 237 g/mol. The zero-order chi connectivity index (χ0) is 12.3. The Balaban J connectivity index is 2.15. The lowest BCUT2D eigenvalue weighted by Gasteiger charge is -2.17. The van der Waals surface area contributed by atoms with E-state index in [1.165, 1.54) is 0 Å². The summed E-state index contributed by atoms with van der Waals surface area (Å²) in [7, 11) is 0. The number of hydrogen-bond acceptors (Lipinski definition) is 4. The smallest absolute Gasteiger partial charge is 0.328 e. The molecule has 0 amide bonds. The molecule has 5 nitrogen and oxygen atoms in total. The van der Waals surface area contributed by atoms with Gasteiger partial charge in [0.25, 0.3) is 0 Å². The molecule has 1 fully saturated rings. The van der Waals surface area contributed by atoms with Gasteiger partial charge in [-0.25, -0.2) is 9.78 Å². The Bertz CT molecular complexity index is 383. The van der Waals surface area contributed by atoms with Crippen molar-refractivity contribution in [3.63, 3.8) is 0 Å². The first-order chi connectivity index (χ1) is 8.24. The van der Waals surface area contributed by atoms with Crippen LogP contribution < -0.4 is 5.32 Å². The molecule has 0 aromatic carbocycles. The van der Waals surface area contributed by atoms with E-state index in [1.807, 2.05) is 24.6 Å². The van der Waals surface area contributed by atoms with Gasteiger partial charge in [-0.15, -0.1) is 0 Å². The average molecular weight is 237 g/mol. The van der Waals surface area contributed by atoms with Crippen molar-refractivity contribution in [3.8, 4) is 0 Å². The molecule has 2 atom stereocenters. The van der Waals surface area contributed by atoms with Crippen LogP contribution in [0.2, 0.25) is 0 Å². The van der Waals surface area contributed by atoms with Crippen molar-refractivity contribution in [2.45, 2.75) is 32.2 Å². The standard InChI is InChI=1S/C12H19N3O2/c1-3-17-12(16)9(2)15-8-14-7-11(15)10-4-5-13-6-10/h7-10,13H,3-6H2,1-2H3. The Kier molecular flexibility index (Phi) is 3.78. The summed E-state index contributed by atoms with van der Waals surface area (Å²) in [6.07, 6.45) is 4.67. The maximum absolute atomic E-state index is 11.7. The highest BCUT2D eigenvalue weighted by Gasteiger charge is 2.24. The Morgan fingerprint density at radius 2 is 2.59 bits per heavy atom. The van der Waals surface area contributed by atoms with Gasteiger partial charge in [0, 0.05) is 24.4 Å². The van der Waals surface area contributed by atoms with E-state index < -0.39 is 0 Å². The van der Waals surface area contributed by atoms with Gasteiger partial charge in [0.2, 0.25) is 0 Å². The molecule has 1 saturated heterocycles. The van der Waals surface area contributed by atoms with Crippen molar-refractivity contribution in [2.24, 2.45) is 0 Å². The molecule has 94 valence electrons. The highest BCUT2D eigenvalue weighted by atomic mass is 16.5. The third kappa shape index (κ3) is 2.49. The molecule has 5 heteroatoms. The van der Waals surface area contributed by atoms with Crippen LogP contribution in [-0.4, -0.2) is 35.2 Å². The lowest BCUT2D eigenvalue weighted by Crippen LogP contribution is -2.22. The van der Waals surface area contributed by atoms with E-state index >= 15 is 0 Å². The zero-order valence-electron chi connectivity index (χ0n) is 10.3. The lowest BCUT2D eigenvalue weighted by molar-refractivity contribution is -0.146. The van der Waals surface area contributed by atoms with Crippen molar-refractivity contribution < 1.29 is 9.53 Å². The van der Waals surface area contributed by atoms with Crippen LogP contribution in [0.25, 0.3) is 0 Å². The summed E-state index contributed by atoms with van der Waals surface area (Å²) < 4.78 is 6.97. The van der Waals surface area contributed by atoms with Crippen LogP contribution in [0.3, 0.4) is 0 Å². The van der Waals surface area contributed by atoms with Crippen molar-refractivity contribution in [2.75, 3.05) is 19.7 Å². The summed E-state index contributed by atoms with van der Waals surface area (Å²) in [5.41, 5.74) is 1.12. The highest BCUT2D eigenvalue weighted by molar-refractivity contribution is 5.73. The molecule has 2 rings (SSSR count). The molecule has 17 heavy (non-hydrogen) atoms. The van der Waals surface area contributed by atoms with Gasteiger partial charge in [-0.1, -0.05) is 0 Å². The quantitative estimate of drug-likeness (QED) is 0.796. The summed E-state index contributed by atoms with van der Waals surface area (Å²) in [4.78, 5) is 15.9. The van der Waals surface area contributed by atoms with Gasteiger partial charge in [-0.2, -0.15) is 0 Å². The van der Waals surface area contributed by atoms with Gasteiger partial charge in [0.15, 0.2) is 0 Å². The second kappa shape index (κ2) is 5.31. The van der Waals surface area contributed by atoms with E-state index in [0.29, 0.717) is 12.5 Å². The molecular weight excluding hydrogens is 218 g/mol. The molecule has 1 aliphatic rings. The van der Waals surface area contributed by atoms with Gasteiger partial charge in [-0.05, 0) is 26.8 Å². The summed E-state index contributed by atoms with van der Waals surface area (Å²) >= 11 is 0. The number of hydrogen-bond donors (Lipinski definition) is 1. The topological polar surface area (TPSA) is 56.2 Å². The Morgan fingerprint density at radius 3 is 3.24 bits per heavy atom. The number of rotatable bonds is 4. The van der Waals surface area contributed by atoms with E-state index in [2.05, 4.69) is 10.3 Å². The third-order valence-corrected chi connectivity index (χ3v) is 3.22. The molecule has 1 aromatic rings. The fourth-order valence-corrected chi connectivity index (χ4v) is 2.24. The number of ether oxygens (including phenoxy) is 1. The third-order valence-electron chi connectivity index (χ3n) is 3.22. The minimum atomic E-state index is -0.298. The van der Waals surface area contributed by atoms with E-state index in [0.717, 1.165) is 25.2 Å². The molecule has 0 saturated carbocycles. The molecule has 2 unspecified atom stereocenters.